The van der Waals surface area contributed by atoms with Crippen LogP contribution in [-0.2, 0) is 6.54 Å². The van der Waals surface area contributed by atoms with Crippen molar-refractivity contribution in [2.45, 2.75) is 45.6 Å². The molecule has 7 nitrogen and oxygen atoms in total. The summed E-state index contributed by atoms with van der Waals surface area (Å²) in [5.41, 5.74) is 3.57. The molecule has 0 unspecified atom stereocenters. The largest absolute Gasteiger partial charge is 0.496 e. The standard InChI is InChI=1S/C24H25N5O2/c1-16-25-24-26-19-13-15-28(14-12-17-8-4-3-5-9-17)23(30)21(19)22(29(24)27-16)18-10-6-7-11-20(18)31-2/h6-8,10-11,13,15H,3-5,9,12,14H2,1-2H3/p+1. The van der Waals surface area contributed by atoms with Crippen LogP contribution < -0.4 is 14.8 Å². The van der Waals surface area contributed by atoms with Gasteiger partial charge in [0.15, 0.2) is 11.2 Å². The highest BCUT2D eigenvalue weighted by Gasteiger charge is 2.25. The molecule has 0 saturated heterocycles. The van der Waals surface area contributed by atoms with Gasteiger partial charge < -0.3 is 9.30 Å². The van der Waals surface area contributed by atoms with Crippen LogP contribution in [-0.4, -0.2) is 26.7 Å². The highest BCUT2D eigenvalue weighted by molar-refractivity contribution is 5.92. The van der Waals surface area contributed by atoms with Crippen molar-refractivity contribution < 1.29 is 9.25 Å². The number of ether oxygens (including phenoxy) is 1. The number of allylic oxidation sites excluding steroid dienone is 2. The predicted octanol–water partition coefficient (Wildman–Crippen LogP) is 3.73. The third-order valence-electron chi connectivity index (χ3n) is 5.99. The van der Waals surface area contributed by atoms with Crippen LogP contribution in [0.15, 0.2) is 53.0 Å². The molecule has 0 bridgehead atoms. The summed E-state index contributed by atoms with van der Waals surface area (Å²) in [6.45, 7) is 2.54. The van der Waals surface area contributed by atoms with Gasteiger partial charge in [0.1, 0.15) is 11.1 Å². The van der Waals surface area contributed by atoms with E-state index in [1.807, 2.05) is 43.5 Å². The number of aromatic amines is 1. The van der Waals surface area contributed by atoms with E-state index < -0.39 is 0 Å². The summed E-state index contributed by atoms with van der Waals surface area (Å²) in [5.74, 6) is 1.94. The van der Waals surface area contributed by atoms with Gasteiger partial charge in [0.25, 0.3) is 5.56 Å². The number of rotatable bonds is 5. The van der Waals surface area contributed by atoms with Gasteiger partial charge in [-0.15, -0.1) is 4.52 Å². The van der Waals surface area contributed by atoms with Crippen LogP contribution in [0.5, 0.6) is 5.75 Å². The zero-order chi connectivity index (χ0) is 21.4. The number of nitrogens with zero attached hydrogens (tertiary/aromatic N) is 4. The molecule has 3 aromatic heterocycles. The first-order valence-corrected chi connectivity index (χ1v) is 10.8. The molecule has 3 heterocycles. The van der Waals surface area contributed by atoms with Crippen molar-refractivity contribution in [3.63, 3.8) is 0 Å². The summed E-state index contributed by atoms with van der Waals surface area (Å²) < 4.78 is 9.20. The van der Waals surface area contributed by atoms with Crippen LogP contribution in [0.3, 0.4) is 0 Å². The molecule has 0 saturated carbocycles. The van der Waals surface area contributed by atoms with Crippen LogP contribution in [0, 0.1) is 6.92 Å². The molecule has 1 aliphatic carbocycles. The quantitative estimate of drug-likeness (QED) is 0.397. The minimum Gasteiger partial charge on any atom is -0.496 e. The van der Waals surface area contributed by atoms with E-state index in [0.29, 0.717) is 34.7 Å². The summed E-state index contributed by atoms with van der Waals surface area (Å²) in [7, 11) is 1.64. The lowest BCUT2D eigenvalue weighted by atomic mass is 9.97. The Balaban J connectivity index is 1.73. The summed E-state index contributed by atoms with van der Waals surface area (Å²) in [4.78, 5) is 22.8. The highest BCUT2D eigenvalue weighted by atomic mass is 16.5. The van der Waals surface area contributed by atoms with E-state index in [-0.39, 0.29) is 5.56 Å². The van der Waals surface area contributed by atoms with Gasteiger partial charge in [0, 0.05) is 19.7 Å². The number of methoxy groups -OCH3 is 1. The predicted molar refractivity (Wildman–Crippen MR) is 119 cm³/mol. The van der Waals surface area contributed by atoms with Gasteiger partial charge in [-0.3, -0.25) is 4.79 Å². The van der Waals surface area contributed by atoms with Gasteiger partial charge in [-0.05, 0) is 50.3 Å². The maximum atomic E-state index is 13.7. The fourth-order valence-corrected chi connectivity index (χ4v) is 4.44. The SMILES string of the molecule is COc1ccccc1-c1c2c(=O)n(CCC3=CCCCC3)ccc2nc2nc(C)[nH][n+]12. The number of hydrogen-bond donors (Lipinski definition) is 1. The Morgan fingerprint density at radius 2 is 2.06 bits per heavy atom. The van der Waals surface area contributed by atoms with Gasteiger partial charge in [-0.1, -0.05) is 33.7 Å². The van der Waals surface area contributed by atoms with Crippen LogP contribution in [0.2, 0.25) is 0 Å². The fraction of sp³-hybridized carbons (Fsp3) is 0.333. The molecular formula is C24H26N5O2+. The molecule has 7 heteroatoms. The van der Waals surface area contributed by atoms with Crippen molar-refractivity contribution in [3.05, 3.63) is 64.4 Å². The maximum Gasteiger partial charge on any atom is 0.458 e. The van der Waals surface area contributed by atoms with Gasteiger partial charge >= 0.3 is 5.78 Å². The fourth-order valence-electron chi connectivity index (χ4n) is 4.44. The Labute approximate surface area is 180 Å². The van der Waals surface area contributed by atoms with Crippen molar-refractivity contribution in [3.8, 4) is 17.0 Å². The second kappa shape index (κ2) is 7.98. The van der Waals surface area contributed by atoms with E-state index in [4.69, 9.17) is 4.74 Å². The first-order valence-electron chi connectivity index (χ1n) is 10.8. The number of para-hydroxylation sites is 1. The lowest BCUT2D eigenvalue weighted by Gasteiger charge is -2.14. The van der Waals surface area contributed by atoms with E-state index in [1.54, 1.807) is 16.2 Å². The number of aromatic nitrogens is 5. The summed E-state index contributed by atoms with van der Waals surface area (Å²) >= 11 is 0. The van der Waals surface area contributed by atoms with Gasteiger partial charge in [-0.2, -0.15) is 0 Å². The van der Waals surface area contributed by atoms with Gasteiger partial charge in [0.05, 0.1) is 12.7 Å². The van der Waals surface area contributed by atoms with Gasteiger partial charge in [0.2, 0.25) is 5.82 Å². The first-order chi connectivity index (χ1) is 15.2. The molecule has 31 heavy (non-hydrogen) atoms. The Morgan fingerprint density at radius 1 is 1.19 bits per heavy atom. The Kier molecular flexibility index (Phi) is 5.02. The van der Waals surface area contributed by atoms with Crippen molar-refractivity contribution in [1.82, 2.24) is 19.6 Å². The second-order valence-electron chi connectivity index (χ2n) is 8.04. The van der Waals surface area contributed by atoms with Crippen molar-refractivity contribution in [2.24, 2.45) is 0 Å². The molecule has 1 aromatic carbocycles. The summed E-state index contributed by atoms with van der Waals surface area (Å²) in [6, 6.07) is 9.63. The summed E-state index contributed by atoms with van der Waals surface area (Å²) in [5, 5.41) is 3.79. The number of aryl methyl sites for hydroxylation is 2. The monoisotopic (exact) mass is 416 g/mol. The topological polar surface area (TPSA) is 76.9 Å². The van der Waals surface area contributed by atoms with E-state index in [1.165, 1.54) is 18.4 Å². The van der Waals surface area contributed by atoms with E-state index >= 15 is 0 Å². The number of benzene rings is 1. The molecule has 5 rings (SSSR count). The molecule has 0 aliphatic heterocycles. The molecular weight excluding hydrogens is 390 g/mol. The zero-order valence-corrected chi connectivity index (χ0v) is 17.9. The van der Waals surface area contributed by atoms with Crippen molar-refractivity contribution >= 4 is 16.7 Å². The molecule has 0 amide bonds. The molecule has 4 aromatic rings. The third kappa shape index (κ3) is 3.50. The van der Waals surface area contributed by atoms with E-state index in [0.717, 1.165) is 30.7 Å². The Morgan fingerprint density at radius 3 is 2.87 bits per heavy atom. The smallest absolute Gasteiger partial charge is 0.458 e. The van der Waals surface area contributed by atoms with Crippen LogP contribution in [0.4, 0.5) is 0 Å². The minimum atomic E-state index is -0.0519. The second-order valence-corrected chi connectivity index (χ2v) is 8.04. The highest BCUT2D eigenvalue weighted by Crippen LogP contribution is 2.30. The van der Waals surface area contributed by atoms with E-state index in [2.05, 4.69) is 21.1 Å². The average molecular weight is 417 g/mol. The number of pyridine rings is 1. The molecule has 1 aliphatic rings. The molecule has 0 radical (unpaired) electrons. The van der Waals surface area contributed by atoms with Crippen molar-refractivity contribution in [1.29, 1.82) is 0 Å². The molecule has 0 spiro atoms. The lowest BCUT2D eigenvalue weighted by molar-refractivity contribution is -0.567. The Bertz CT molecular complexity index is 1370. The van der Waals surface area contributed by atoms with Crippen LogP contribution in [0.1, 0.15) is 37.9 Å². The third-order valence-corrected chi connectivity index (χ3v) is 5.99. The number of fused-ring (bicyclic) bond motifs is 2. The normalized spacial score (nSPS) is 14.2. The van der Waals surface area contributed by atoms with E-state index in [9.17, 15) is 4.79 Å². The minimum absolute atomic E-state index is 0.0519. The molecule has 158 valence electrons. The molecule has 0 atom stereocenters. The molecule has 0 fully saturated rings. The number of H-pyrrole nitrogens is 1. The van der Waals surface area contributed by atoms with Crippen LogP contribution >= 0.6 is 0 Å². The number of hydrogen-bond acceptors (Lipinski definition) is 4. The lowest BCUT2D eigenvalue weighted by Crippen LogP contribution is -2.32. The van der Waals surface area contributed by atoms with Crippen molar-refractivity contribution in [2.75, 3.05) is 7.11 Å². The summed E-state index contributed by atoms with van der Waals surface area (Å²) in [6.07, 6.45) is 9.89. The first kappa shape index (κ1) is 19.5. The zero-order valence-electron chi connectivity index (χ0n) is 17.9. The number of nitrogens with one attached hydrogen (secondary N) is 1. The maximum absolute atomic E-state index is 13.7. The van der Waals surface area contributed by atoms with Crippen LogP contribution in [0.25, 0.3) is 27.9 Å². The molecule has 1 N–H and O–H groups in total. The Hall–Kier alpha value is -3.48. The average Bonchev–Trinajstić information content (AvgIpc) is 3.17. The van der Waals surface area contributed by atoms with Gasteiger partial charge in [-0.25, -0.2) is 5.10 Å².